The zero-order valence-corrected chi connectivity index (χ0v) is 12.9. The van der Waals surface area contributed by atoms with Crippen molar-refractivity contribution in [3.63, 3.8) is 0 Å². The van der Waals surface area contributed by atoms with E-state index in [0.717, 1.165) is 6.42 Å². The number of benzene rings is 1. The minimum absolute atomic E-state index is 0.226. The molecule has 0 spiro atoms. The molecule has 1 heterocycles. The first-order valence-corrected chi connectivity index (χ1v) is 7.19. The molecule has 0 aliphatic heterocycles. The van der Waals surface area contributed by atoms with E-state index in [4.69, 9.17) is 23.2 Å². The smallest absolute Gasteiger partial charge is 0.270 e. The van der Waals surface area contributed by atoms with Gasteiger partial charge in [0, 0.05) is 18.4 Å². The lowest BCUT2D eigenvalue weighted by atomic mass is 10.3. The molecule has 0 radical (unpaired) electrons. The summed E-state index contributed by atoms with van der Waals surface area (Å²) in [5, 5.41) is 6.64. The number of nitrogens with one attached hydrogen (secondary N) is 2. The maximum Gasteiger partial charge on any atom is 0.270 e. The van der Waals surface area contributed by atoms with Gasteiger partial charge in [-0.1, -0.05) is 30.1 Å². The second-order valence-corrected chi connectivity index (χ2v) is 5.09. The number of anilines is 2. The molecule has 1 aromatic heterocycles. The van der Waals surface area contributed by atoms with E-state index in [2.05, 4.69) is 20.6 Å². The molecule has 0 bridgehead atoms. The van der Waals surface area contributed by atoms with Crippen LogP contribution >= 0.6 is 23.2 Å². The normalized spacial score (nSPS) is 10.2. The summed E-state index contributed by atoms with van der Waals surface area (Å²) in [6, 6.07) is 6.65. The number of hydrogen-bond donors (Lipinski definition) is 2. The lowest BCUT2D eigenvalue weighted by molar-refractivity contribution is 0.0948. The summed E-state index contributed by atoms with van der Waals surface area (Å²) in [6.07, 6.45) is 2.39. The Morgan fingerprint density at radius 3 is 2.76 bits per heavy atom. The fourth-order valence-corrected chi connectivity index (χ4v) is 1.88. The quantitative estimate of drug-likeness (QED) is 0.880. The van der Waals surface area contributed by atoms with E-state index in [-0.39, 0.29) is 5.91 Å². The number of amides is 1. The molecule has 5 nitrogen and oxygen atoms in total. The Kier molecular flexibility index (Phi) is 5.36. The summed E-state index contributed by atoms with van der Waals surface area (Å²) in [7, 11) is 0. The van der Waals surface area contributed by atoms with Crippen molar-refractivity contribution >= 4 is 40.7 Å². The van der Waals surface area contributed by atoms with Crippen molar-refractivity contribution in [3.05, 3.63) is 46.2 Å². The van der Waals surface area contributed by atoms with E-state index in [0.29, 0.717) is 33.9 Å². The SMILES string of the molecule is CCCNC(=O)c1ccnc(Nc2ccc(Cl)c(Cl)c2)n1. The third-order valence-corrected chi connectivity index (χ3v) is 3.34. The predicted molar refractivity (Wildman–Crippen MR) is 84.4 cm³/mol. The second kappa shape index (κ2) is 7.24. The number of hydrogen-bond acceptors (Lipinski definition) is 4. The number of halogens is 2. The first kappa shape index (κ1) is 15.5. The monoisotopic (exact) mass is 324 g/mol. The topological polar surface area (TPSA) is 66.9 Å². The molecule has 2 rings (SSSR count). The van der Waals surface area contributed by atoms with E-state index in [9.17, 15) is 4.79 Å². The van der Waals surface area contributed by atoms with Crippen molar-refractivity contribution in [1.82, 2.24) is 15.3 Å². The van der Waals surface area contributed by atoms with E-state index >= 15 is 0 Å². The molecular weight excluding hydrogens is 311 g/mol. The van der Waals surface area contributed by atoms with Gasteiger partial charge in [0.2, 0.25) is 5.95 Å². The summed E-state index contributed by atoms with van der Waals surface area (Å²) in [4.78, 5) is 20.1. The molecule has 0 saturated heterocycles. The summed E-state index contributed by atoms with van der Waals surface area (Å²) < 4.78 is 0. The molecular formula is C14H14Cl2N4O. The van der Waals surface area contributed by atoms with E-state index in [1.807, 2.05) is 6.92 Å². The molecule has 1 amide bonds. The van der Waals surface area contributed by atoms with Crippen LogP contribution in [0.15, 0.2) is 30.5 Å². The van der Waals surface area contributed by atoms with Crippen LogP contribution in [0.3, 0.4) is 0 Å². The average molecular weight is 325 g/mol. The summed E-state index contributed by atoms with van der Waals surface area (Å²) in [5.41, 5.74) is 0.997. The molecule has 0 atom stereocenters. The van der Waals surface area contributed by atoms with Gasteiger partial charge < -0.3 is 10.6 Å². The maximum absolute atomic E-state index is 11.8. The number of rotatable bonds is 5. The van der Waals surface area contributed by atoms with E-state index in [1.165, 1.54) is 6.20 Å². The van der Waals surface area contributed by atoms with Crippen LogP contribution in [0.1, 0.15) is 23.8 Å². The fourth-order valence-electron chi connectivity index (χ4n) is 1.58. The van der Waals surface area contributed by atoms with Crippen molar-refractivity contribution in [2.45, 2.75) is 13.3 Å². The van der Waals surface area contributed by atoms with Crippen LogP contribution in [0.4, 0.5) is 11.6 Å². The predicted octanol–water partition coefficient (Wildman–Crippen LogP) is 3.67. The van der Waals surface area contributed by atoms with Gasteiger partial charge in [0.1, 0.15) is 5.69 Å². The highest BCUT2D eigenvalue weighted by molar-refractivity contribution is 6.42. The van der Waals surface area contributed by atoms with Crippen molar-refractivity contribution < 1.29 is 4.79 Å². The average Bonchev–Trinajstić information content (AvgIpc) is 2.49. The molecule has 0 saturated carbocycles. The van der Waals surface area contributed by atoms with Crippen molar-refractivity contribution in [3.8, 4) is 0 Å². The molecule has 0 aliphatic rings. The van der Waals surface area contributed by atoms with Crippen LogP contribution in [-0.2, 0) is 0 Å². The van der Waals surface area contributed by atoms with Crippen LogP contribution in [0.2, 0.25) is 10.0 Å². The highest BCUT2D eigenvalue weighted by Crippen LogP contribution is 2.26. The first-order valence-electron chi connectivity index (χ1n) is 6.43. The molecule has 0 aliphatic carbocycles. The van der Waals surface area contributed by atoms with Gasteiger partial charge >= 0.3 is 0 Å². The van der Waals surface area contributed by atoms with Gasteiger partial charge in [-0.15, -0.1) is 0 Å². The van der Waals surface area contributed by atoms with E-state index < -0.39 is 0 Å². The Balaban J connectivity index is 2.13. The maximum atomic E-state index is 11.8. The molecule has 0 fully saturated rings. The van der Waals surface area contributed by atoms with Crippen LogP contribution < -0.4 is 10.6 Å². The van der Waals surface area contributed by atoms with Crippen LogP contribution in [-0.4, -0.2) is 22.4 Å². The van der Waals surface area contributed by atoms with Gasteiger partial charge in [0.05, 0.1) is 10.0 Å². The Hall–Kier alpha value is -1.85. The third-order valence-electron chi connectivity index (χ3n) is 2.60. The molecule has 1 aromatic carbocycles. The zero-order valence-electron chi connectivity index (χ0n) is 11.4. The fraction of sp³-hybridized carbons (Fsp3) is 0.214. The molecule has 0 unspecified atom stereocenters. The summed E-state index contributed by atoms with van der Waals surface area (Å²) >= 11 is 11.8. The van der Waals surface area contributed by atoms with Crippen LogP contribution in [0.25, 0.3) is 0 Å². The molecule has 2 aromatic rings. The number of nitrogens with zero attached hydrogens (tertiary/aromatic N) is 2. The Labute approximate surface area is 132 Å². The van der Waals surface area contributed by atoms with Crippen LogP contribution in [0, 0.1) is 0 Å². The van der Waals surface area contributed by atoms with Gasteiger partial charge in [-0.05, 0) is 30.7 Å². The number of carbonyl (C=O) groups is 1. The minimum Gasteiger partial charge on any atom is -0.351 e. The number of carbonyl (C=O) groups excluding carboxylic acids is 1. The van der Waals surface area contributed by atoms with Crippen molar-refractivity contribution in [1.29, 1.82) is 0 Å². The van der Waals surface area contributed by atoms with Gasteiger partial charge in [0.15, 0.2) is 0 Å². The van der Waals surface area contributed by atoms with Crippen molar-refractivity contribution in [2.75, 3.05) is 11.9 Å². The molecule has 110 valence electrons. The summed E-state index contributed by atoms with van der Waals surface area (Å²) in [6.45, 7) is 2.59. The minimum atomic E-state index is -0.226. The highest BCUT2D eigenvalue weighted by atomic mass is 35.5. The van der Waals surface area contributed by atoms with Gasteiger partial charge in [-0.2, -0.15) is 0 Å². The van der Waals surface area contributed by atoms with Crippen LogP contribution in [0.5, 0.6) is 0 Å². The van der Waals surface area contributed by atoms with Crippen molar-refractivity contribution in [2.24, 2.45) is 0 Å². The Morgan fingerprint density at radius 1 is 1.24 bits per heavy atom. The Morgan fingerprint density at radius 2 is 2.05 bits per heavy atom. The van der Waals surface area contributed by atoms with Gasteiger partial charge in [-0.3, -0.25) is 4.79 Å². The summed E-state index contributed by atoms with van der Waals surface area (Å²) in [5.74, 6) is 0.0916. The third kappa shape index (κ3) is 4.31. The van der Waals surface area contributed by atoms with Gasteiger partial charge in [0.25, 0.3) is 5.91 Å². The number of aromatic nitrogens is 2. The largest absolute Gasteiger partial charge is 0.351 e. The van der Waals surface area contributed by atoms with Gasteiger partial charge in [-0.25, -0.2) is 9.97 Å². The molecule has 7 heteroatoms. The zero-order chi connectivity index (χ0) is 15.2. The standard InChI is InChI=1S/C14H14Cl2N4O/c1-2-6-17-13(21)12-5-7-18-14(20-12)19-9-3-4-10(15)11(16)8-9/h3-5,7-8H,2,6H2,1H3,(H,17,21)(H,18,19,20). The van der Waals surface area contributed by atoms with E-state index in [1.54, 1.807) is 24.3 Å². The lowest BCUT2D eigenvalue weighted by Crippen LogP contribution is -2.25. The first-order chi connectivity index (χ1) is 10.1. The Bertz CT molecular complexity index is 649. The lowest BCUT2D eigenvalue weighted by Gasteiger charge is -2.07. The molecule has 21 heavy (non-hydrogen) atoms. The molecule has 2 N–H and O–H groups in total. The highest BCUT2D eigenvalue weighted by Gasteiger charge is 2.08. The second-order valence-electron chi connectivity index (χ2n) is 4.28.